The Morgan fingerprint density at radius 1 is 1.20 bits per heavy atom. The first-order valence-corrected chi connectivity index (χ1v) is 8.71. The van der Waals surface area contributed by atoms with Gasteiger partial charge in [-0.2, -0.15) is 0 Å². The minimum absolute atomic E-state index is 0.276. The van der Waals surface area contributed by atoms with E-state index >= 15 is 0 Å². The van der Waals surface area contributed by atoms with E-state index in [1.54, 1.807) is 51.1 Å². The van der Waals surface area contributed by atoms with Gasteiger partial charge in [0.2, 0.25) is 0 Å². The molecule has 1 aliphatic rings. The molecule has 0 unspecified atom stereocenters. The summed E-state index contributed by atoms with van der Waals surface area (Å²) < 4.78 is 10.5. The molecule has 0 aliphatic carbocycles. The fourth-order valence-electron chi connectivity index (χ4n) is 2.12. The summed E-state index contributed by atoms with van der Waals surface area (Å²) in [5.41, 5.74) is 0.100. The molecule has 0 radical (unpaired) electrons. The Morgan fingerprint density at radius 2 is 1.84 bits per heavy atom. The van der Waals surface area contributed by atoms with Crippen molar-refractivity contribution < 1.29 is 23.9 Å². The fraction of sp³-hybridized carbons (Fsp3) is 0.389. The van der Waals surface area contributed by atoms with Crippen molar-refractivity contribution >= 4 is 35.0 Å². The number of thioether (sulfide) groups is 1. The van der Waals surface area contributed by atoms with Gasteiger partial charge < -0.3 is 9.47 Å². The van der Waals surface area contributed by atoms with Crippen molar-refractivity contribution in [2.24, 2.45) is 0 Å². The van der Waals surface area contributed by atoms with Crippen LogP contribution in [0, 0.1) is 0 Å². The van der Waals surface area contributed by atoms with E-state index < -0.39 is 22.7 Å². The summed E-state index contributed by atoms with van der Waals surface area (Å²) in [6.45, 7) is 7.26. The molecular weight excluding hydrogens is 342 g/mol. The molecule has 1 heterocycles. The summed E-state index contributed by atoms with van der Waals surface area (Å²) in [6, 6.07) is 7.18. The second-order valence-electron chi connectivity index (χ2n) is 6.36. The number of imide groups is 1. The standard InChI is InChI=1S/C18H21NO5S/c1-5-23-13-8-6-12(7-9-13)10-14-16(21)19(17(22)25-14)11-15(20)24-18(2,3)4/h6-10H,5,11H2,1-4H3. The molecule has 0 N–H and O–H groups in total. The van der Waals surface area contributed by atoms with E-state index in [-0.39, 0.29) is 11.4 Å². The van der Waals surface area contributed by atoms with Gasteiger partial charge in [-0.05, 0) is 63.2 Å². The molecule has 6 nitrogen and oxygen atoms in total. The highest BCUT2D eigenvalue weighted by atomic mass is 32.2. The van der Waals surface area contributed by atoms with E-state index in [0.717, 1.165) is 28.0 Å². The molecular formula is C18H21NO5S. The van der Waals surface area contributed by atoms with Gasteiger partial charge in [-0.1, -0.05) is 12.1 Å². The number of carbonyl (C=O) groups is 3. The normalized spacial score (nSPS) is 16.5. The van der Waals surface area contributed by atoms with Crippen molar-refractivity contribution in [1.82, 2.24) is 4.90 Å². The smallest absolute Gasteiger partial charge is 0.326 e. The van der Waals surface area contributed by atoms with E-state index in [4.69, 9.17) is 9.47 Å². The van der Waals surface area contributed by atoms with Crippen molar-refractivity contribution in [3.05, 3.63) is 34.7 Å². The van der Waals surface area contributed by atoms with Crippen molar-refractivity contribution in [1.29, 1.82) is 0 Å². The van der Waals surface area contributed by atoms with Crippen LogP contribution in [0.25, 0.3) is 6.08 Å². The van der Waals surface area contributed by atoms with Crippen LogP contribution in [-0.4, -0.2) is 40.8 Å². The summed E-state index contributed by atoms with van der Waals surface area (Å²) in [6.07, 6.45) is 1.62. The summed E-state index contributed by atoms with van der Waals surface area (Å²) in [4.78, 5) is 37.4. The highest BCUT2D eigenvalue weighted by Crippen LogP contribution is 2.32. The lowest BCUT2D eigenvalue weighted by molar-refractivity contribution is -0.156. The maximum absolute atomic E-state index is 12.4. The van der Waals surface area contributed by atoms with Gasteiger partial charge in [0.05, 0.1) is 11.5 Å². The lowest BCUT2D eigenvalue weighted by Crippen LogP contribution is -2.37. The van der Waals surface area contributed by atoms with Crippen molar-refractivity contribution in [3.8, 4) is 5.75 Å². The molecule has 1 aromatic rings. The van der Waals surface area contributed by atoms with Gasteiger partial charge in [-0.3, -0.25) is 19.3 Å². The number of benzene rings is 1. The number of ether oxygens (including phenoxy) is 2. The number of rotatable bonds is 5. The predicted octanol–water partition coefficient (Wildman–Crippen LogP) is 3.46. The van der Waals surface area contributed by atoms with Crippen LogP contribution in [0.4, 0.5) is 4.79 Å². The van der Waals surface area contributed by atoms with Gasteiger partial charge in [-0.15, -0.1) is 0 Å². The third kappa shape index (κ3) is 5.35. The second kappa shape index (κ2) is 7.74. The average Bonchev–Trinajstić information content (AvgIpc) is 2.75. The maximum atomic E-state index is 12.4. The average molecular weight is 363 g/mol. The van der Waals surface area contributed by atoms with Gasteiger partial charge in [0, 0.05) is 0 Å². The molecule has 2 rings (SSSR count). The van der Waals surface area contributed by atoms with Crippen LogP contribution in [-0.2, 0) is 14.3 Å². The van der Waals surface area contributed by atoms with Gasteiger partial charge in [-0.25, -0.2) is 0 Å². The molecule has 1 saturated heterocycles. The first-order chi connectivity index (χ1) is 11.7. The van der Waals surface area contributed by atoms with Crippen LogP contribution >= 0.6 is 11.8 Å². The highest BCUT2D eigenvalue weighted by molar-refractivity contribution is 8.18. The Balaban J connectivity index is 2.08. The SMILES string of the molecule is CCOc1ccc(C=C2SC(=O)N(CC(=O)OC(C)(C)C)C2=O)cc1. The van der Waals surface area contributed by atoms with E-state index in [2.05, 4.69) is 0 Å². The largest absolute Gasteiger partial charge is 0.494 e. The predicted molar refractivity (Wildman–Crippen MR) is 96.1 cm³/mol. The molecule has 2 amide bonds. The van der Waals surface area contributed by atoms with E-state index in [1.807, 2.05) is 6.92 Å². The van der Waals surface area contributed by atoms with Gasteiger partial charge >= 0.3 is 5.97 Å². The van der Waals surface area contributed by atoms with Crippen LogP contribution in [0.3, 0.4) is 0 Å². The number of hydrogen-bond acceptors (Lipinski definition) is 6. The third-order valence-electron chi connectivity index (χ3n) is 3.07. The van der Waals surface area contributed by atoms with Gasteiger partial charge in [0.25, 0.3) is 11.1 Å². The van der Waals surface area contributed by atoms with Crippen molar-refractivity contribution in [2.75, 3.05) is 13.2 Å². The lowest BCUT2D eigenvalue weighted by atomic mass is 10.2. The molecule has 1 fully saturated rings. The van der Waals surface area contributed by atoms with Crippen LogP contribution < -0.4 is 4.74 Å². The monoisotopic (exact) mass is 363 g/mol. The van der Waals surface area contributed by atoms with Crippen LogP contribution in [0.15, 0.2) is 29.2 Å². The maximum Gasteiger partial charge on any atom is 0.326 e. The zero-order valence-corrected chi connectivity index (χ0v) is 15.5. The van der Waals surface area contributed by atoms with Crippen LogP contribution in [0.5, 0.6) is 5.75 Å². The quantitative estimate of drug-likeness (QED) is 0.589. The first-order valence-electron chi connectivity index (χ1n) is 7.89. The Labute approximate surface area is 151 Å². The molecule has 0 aromatic heterocycles. The molecule has 0 atom stereocenters. The van der Waals surface area contributed by atoms with E-state index in [1.165, 1.54) is 0 Å². The zero-order valence-electron chi connectivity index (χ0n) is 14.7. The molecule has 0 saturated carbocycles. The minimum atomic E-state index is -0.670. The lowest BCUT2D eigenvalue weighted by Gasteiger charge is -2.21. The van der Waals surface area contributed by atoms with Crippen LogP contribution in [0.1, 0.15) is 33.3 Å². The Hall–Kier alpha value is -2.28. The molecule has 134 valence electrons. The minimum Gasteiger partial charge on any atom is -0.494 e. The summed E-state index contributed by atoms with van der Waals surface area (Å²) >= 11 is 0.811. The number of amides is 2. The summed E-state index contributed by atoms with van der Waals surface area (Å²) in [7, 11) is 0. The van der Waals surface area contributed by atoms with Gasteiger partial charge in [0.15, 0.2) is 0 Å². The number of nitrogens with zero attached hydrogens (tertiary/aromatic N) is 1. The second-order valence-corrected chi connectivity index (χ2v) is 7.35. The van der Waals surface area contributed by atoms with E-state index in [0.29, 0.717) is 6.61 Å². The highest BCUT2D eigenvalue weighted by Gasteiger charge is 2.37. The third-order valence-corrected chi connectivity index (χ3v) is 3.98. The van der Waals surface area contributed by atoms with Gasteiger partial charge in [0.1, 0.15) is 17.9 Å². The summed E-state index contributed by atoms with van der Waals surface area (Å²) in [5, 5.41) is -0.479. The molecule has 1 aromatic carbocycles. The van der Waals surface area contributed by atoms with Crippen LogP contribution in [0.2, 0.25) is 0 Å². The topological polar surface area (TPSA) is 72.9 Å². The Morgan fingerprint density at radius 3 is 2.40 bits per heavy atom. The molecule has 0 spiro atoms. The Kier molecular flexibility index (Phi) is 5.89. The number of esters is 1. The Bertz CT molecular complexity index is 703. The number of carbonyl (C=O) groups excluding carboxylic acids is 3. The summed E-state index contributed by atoms with van der Waals surface area (Å²) in [5.74, 6) is -0.371. The molecule has 0 bridgehead atoms. The van der Waals surface area contributed by atoms with E-state index in [9.17, 15) is 14.4 Å². The first kappa shape index (κ1) is 19.1. The molecule has 25 heavy (non-hydrogen) atoms. The van der Waals surface area contributed by atoms with Crippen molar-refractivity contribution in [2.45, 2.75) is 33.3 Å². The van der Waals surface area contributed by atoms with Crippen molar-refractivity contribution in [3.63, 3.8) is 0 Å². The zero-order chi connectivity index (χ0) is 18.6. The molecule has 1 aliphatic heterocycles. The fourth-order valence-corrected chi connectivity index (χ4v) is 2.96. The molecule has 7 heteroatoms. The number of hydrogen-bond donors (Lipinski definition) is 0.